The Morgan fingerprint density at radius 1 is 1.09 bits per heavy atom. The Labute approximate surface area is 152 Å². The molecule has 0 amide bonds. The molecule has 0 atom stereocenters. The quantitative estimate of drug-likeness (QED) is 0.424. The van der Waals surface area contributed by atoms with Crippen molar-refractivity contribution >= 4 is 29.9 Å². The van der Waals surface area contributed by atoms with Gasteiger partial charge in [0.05, 0.1) is 6.54 Å². The molecule has 0 radical (unpaired) electrons. The number of hydrogen-bond acceptors (Lipinski definition) is 1. The van der Waals surface area contributed by atoms with E-state index in [4.69, 9.17) is 4.99 Å². The van der Waals surface area contributed by atoms with Gasteiger partial charge in [0.2, 0.25) is 0 Å². The first-order valence-corrected chi connectivity index (χ1v) is 7.91. The van der Waals surface area contributed by atoms with Crippen LogP contribution in [-0.4, -0.2) is 50.5 Å². The Bertz CT molecular complexity index is 493. The van der Waals surface area contributed by atoms with E-state index >= 15 is 0 Å². The van der Waals surface area contributed by atoms with E-state index in [1.807, 2.05) is 0 Å². The second kappa shape index (κ2) is 8.18. The van der Waals surface area contributed by atoms with E-state index in [0.717, 1.165) is 12.5 Å². The zero-order valence-corrected chi connectivity index (χ0v) is 16.9. The fourth-order valence-electron chi connectivity index (χ4n) is 3.47. The molecule has 22 heavy (non-hydrogen) atoms. The van der Waals surface area contributed by atoms with Crippen LogP contribution in [0, 0.1) is 6.92 Å². The Hall–Kier alpha value is -0.780. The number of guanidine groups is 1. The molecular weight excluding hydrogens is 385 g/mol. The standard InChI is InChI=1S/C18H29N3.HI/c1-15-9-8-10-16(13-15)18(11-6-7-12-18)14-19-17(20(2)3)21(4)5;/h8-10,13H,6-7,11-12,14H2,1-5H3;1H. The van der Waals surface area contributed by atoms with Crippen LogP contribution in [0.1, 0.15) is 36.8 Å². The summed E-state index contributed by atoms with van der Waals surface area (Å²) in [7, 11) is 8.25. The molecular formula is C18H30IN3. The van der Waals surface area contributed by atoms with E-state index in [2.05, 4.69) is 69.2 Å². The Morgan fingerprint density at radius 2 is 1.68 bits per heavy atom. The minimum atomic E-state index is 0. The van der Waals surface area contributed by atoms with Gasteiger partial charge in [0.15, 0.2) is 5.96 Å². The van der Waals surface area contributed by atoms with Crippen molar-refractivity contribution in [1.82, 2.24) is 9.80 Å². The van der Waals surface area contributed by atoms with Gasteiger partial charge in [-0.25, -0.2) is 0 Å². The first kappa shape index (κ1) is 19.3. The van der Waals surface area contributed by atoms with Crippen molar-refractivity contribution in [3.8, 4) is 0 Å². The molecule has 0 N–H and O–H groups in total. The minimum Gasteiger partial charge on any atom is -0.349 e. The van der Waals surface area contributed by atoms with E-state index in [9.17, 15) is 0 Å². The van der Waals surface area contributed by atoms with Crippen molar-refractivity contribution in [3.63, 3.8) is 0 Å². The molecule has 0 heterocycles. The number of aliphatic imine (C=N–C) groups is 1. The van der Waals surface area contributed by atoms with Gasteiger partial charge in [-0.15, -0.1) is 24.0 Å². The molecule has 1 aromatic carbocycles. The lowest BCUT2D eigenvalue weighted by Gasteiger charge is -2.30. The molecule has 1 saturated carbocycles. The highest BCUT2D eigenvalue weighted by Crippen LogP contribution is 2.41. The van der Waals surface area contributed by atoms with Crippen LogP contribution in [-0.2, 0) is 5.41 Å². The van der Waals surface area contributed by atoms with Gasteiger partial charge >= 0.3 is 0 Å². The van der Waals surface area contributed by atoms with Crippen LogP contribution < -0.4 is 0 Å². The van der Waals surface area contributed by atoms with Gasteiger partial charge < -0.3 is 9.80 Å². The molecule has 0 aliphatic heterocycles. The van der Waals surface area contributed by atoms with E-state index in [1.54, 1.807) is 0 Å². The molecule has 1 aliphatic rings. The maximum atomic E-state index is 4.95. The zero-order valence-electron chi connectivity index (χ0n) is 14.6. The van der Waals surface area contributed by atoms with Gasteiger partial charge in [-0.1, -0.05) is 42.7 Å². The first-order chi connectivity index (χ1) is 9.94. The lowest BCUT2D eigenvalue weighted by molar-refractivity contribution is 0.432. The summed E-state index contributed by atoms with van der Waals surface area (Å²) in [6.45, 7) is 3.07. The van der Waals surface area contributed by atoms with Gasteiger partial charge in [0, 0.05) is 33.6 Å². The summed E-state index contributed by atoms with van der Waals surface area (Å²) in [5, 5.41) is 0. The van der Waals surface area contributed by atoms with Gasteiger partial charge in [-0.3, -0.25) is 4.99 Å². The maximum absolute atomic E-state index is 4.95. The van der Waals surface area contributed by atoms with E-state index < -0.39 is 0 Å². The summed E-state index contributed by atoms with van der Waals surface area (Å²) in [6, 6.07) is 9.01. The average Bonchev–Trinajstić information content (AvgIpc) is 2.88. The molecule has 124 valence electrons. The second-order valence-electron chi connectivity index (χ2n) is 6.76. The number of rotatable bonds is 3. The third-order valence-corrected chi connectivity index (χ3v) is 4.51. The smallest absolute Gasteiger partial charge is 0.195 e. The molecule has 3 nitrogen and oxygen atoms in total. The topological polar surface area (TPSA) is 18.8 Å². The molecule has 0 spiro atoms. The molecule has 1 aliphatic carbocycles. The summed E-state index contributed by atoms with van der Waals surface area (Å²) >= 11 is 0. The normalized spacial score (nSPS) is 15.9. The van der Waals surface area contributed by atoms with Gasteiger partial charge in [0.1, 0.15) is 0 Å². The van der Waals surface area contributed by atoms with Crippen LogP contribution in [0.15, 0.2) is 29.3 Å². The van der Waals surface area contributed by atoms with Gasteiger partial charge in [0.25, 0.3) is 0 Å². The summed E-state index contributed by atoms with van der Waals surface area (Å²) in [5.74, 6) is 1.05. The van der Waals surface area contributed by atoms with E-state index in [-0.39, 0.29) is 29.4 Å². The summed E-state index contributed by atoms with van der Waals surface area (Å²) < 4.78 is 0. The highest BCUT2D eigenvalue weighted by molar-refractivity contribution is 14.0. The zero-order chi connectivity index (χ0) is 15.5. The lowest BCUT2D eigenvalue weighted by Crippen LogP contribution is -2.37. The SMILES string of the molecule is Cc1cccc(C2(CN=C(N(C)C)N(C)C)CCCC2)c1.I. The van der Waals surface area contributed by atoms with Crippen LogP contribution in [0.5, 0.6) is 0 Å². The number of nitrogens with zero attached hydrogens (tertiary/aromatic N) is 3. The minimum absolute atomic E-state index is 0. The summed E-state index contributed by atoms with van der Waals surface area (Å²) in [5.41, 5.74) is 3.06. The van der Waals surface area contributed by atoms with Crippen molar-refractivity contribution in [2.45, 2.75) is 38.0 Å². The van der Waals surface area contributed by atoms with Crippen LogP contribution in [0.4, 0.5) is 0 Å². The molecule has 0 bridgehead atoms. The molecule has 0 saturated heterocycles. The van der Waals surface area contributed by atoms with Crippen molar-refractivity contribution in [3.05, 3.63) is 35.4 Å². The summed E-state index contributed by atoms with van der Waals surface area (Å²) in [6.07, 6.45) is 5.16. The monoisotopic (exact) mass is 415 g/mol. The average molecular weight is 415 g/mol. The number of aryl methyl sites for hydroxylation is 1. The molecule has 1 aromatic rings. The Morgan fingerprint density at radius 3 is 2.18 bits per heavy atom. The number of hydrogen-bond donors (Lipinski definition) is 0. The van der Waals surface area contributed by atoms with Crippen LogP contribution in [0.2, 0.25) is 0 Å². The van der Waals surface area contributed by atoms with Crippen molar-refractivity contribution in [2.75, 3.05) is 34.7 Å². The second-order valence-corrected chi connectivity index (χ2v) is 6.76. The maximum Gasteiger partial charge on any atom is 0.195 e. The molecule has 2 rings (SSSR count). The van der Waals surface area contributed by atoms with Crippen LogP contribution in [0.25, 0.3) is 0 Å². The van der Waals surface area contributed by atoms with Gasteiger partial charge in [-0.2, -0.15) is 0 Å². The lowest BCUT2D eigenvalue weighted by atomic mass is 9.78. The Balaban J connectivity index is 0.00000242. The number of halogens is 1. The largest absolute Gasteiger partial charge is 0.349 e. The molecule has 1 fully saturated rings. The Kier molecular flexibility index (Phi) is 7.16. The highest BCUT2D eigenvalue weighted by atomic mass is 127. The number of benzene rings is 1. The summed E-state index contributed by atoms with van der Waals surface area (Å²) in [4.78, 5) is 9.14. The van der Waals surface area contributed by atoms with Crippen molar-refractivity contribution in [1.29, 1.82) is 0 Å². The van der Waals surface area contributed by atoms with Crippen LogP contribution >= 0.6 is 24.0 Å². The van der Waals surface area contributed by atoms with E-state index in [0.29, 0.717) is 0 Å². The molecule has 4 heteroatoms. The fraction of sp³-hybridized carbons (Fsp3) is 0.611. The highest BCUT2D eigenvalue weighted by Gasteiger charge is 2.35. The third kappa shape index (κ3) is 4.37. The third-order valence-electron chi connectivity index (χ3n) is 4.51. The fourth-order valence-corrected chi connectivity index (χ4v) is 3.47. The predicted molar refractivity (Wildman–Crippen MR) is 106 cm³/mol. The van der Waals surface area contributed by atoms with Crippen LogP contribution in [0.3, 0.4) is 0 Å². The first-order valence-electron chi connectivity index (χ1n) is 7.91. The van der Waals surface area contributed by atoms with Crippen molar-refractivity contribution in [2.24, 2.45) is 4.99 Å². The van der Waals surface area contributed by atoms with Crippen molar-refractivity contribution < 1.29 is 0 Å². The predicted octanol–water partition coefficient (Wildman–Crippen LogP) is 3.90. The van der Waals surface area contributed by atoms with Gasteiger partial charge in [-0.05, 0) is 25.3 Å². The van der Waals surface area contributed by atoms with E-state index in [1.165, 1.54) is 36.8 Å². The molecule has 0 aromatic heterocycles. The molecule has 0 unspecified atom stereocenters.